The highest BCUT2D eigenvalue weighted by molar-refractivity contribution is 7.12. The van der Waals surface area contributed by atoms with Crippen LogP contribution in [0.3, 0.4) is 0 Å². The summed E-state index contributed by atoms with van der Waals surface area (Å²) in [5, 5.41) is 9.26. The first-order valence-corrected chi connectivity index (χ1v) is 7.45. The third-order valence-electron chi connectivity index (χ3n) is 3.30. The summed E-state index contributed by atoms with van der Waals surface area (Å²) >= 11 is 1.43. The number of carbonyl (C=O) groups is 2. The van der Waals surface area contributed by atoms with Crippen molar-refractivity contribution in [1.82, 2.24) is 20.0 Å². The molecule has 8 heteroatoms. The first-order chi connectivity index (χ1) is 10.1. The molecule has 1 saturated heterocycles. The molecule has 2 aromatic rings. The van der Waals surface area contributed by atoms with Gasteiger partial charge in [0, 0.05) is 33.1 Å². The Kier molecular flexibility index (Phi) is 3.70. The highest BCUT2D eigenvalue weighted by atomic mass is 32.1. The van der Waals surface area contributed by atoms with Gasteiger partial charge in [-0.3, -0.25) is 9.59 Å². The van der Waals surface area contributed by atoms with E-state index in [1.807, 2.05) is 17.5 Å². The largest absolute Gasteiger partial charge is 0.417 e. The molecule has 1 aliphatic heterocycles. The maximum absolute atomic E-state index is 12.2. The summed E-state index contributed by atoms with van der Waals surface area (Å²) in [5.41, 5.74) is 0. The van der Waals surface area contributed by atoms with E-state index in [-0.39, 0.29) is 17.7 Å². The van der Waals surface area contributed by atoms with E-state index in [1.54, 1.807) is 16.7 Å². The number of rotatable bonds is 2. The van der Waals surface area contributed by atoms with Gasteiger partial charge in [0.2, 0.25) is 5.89 Å². The lowest BCUT2D eigenvalue weighted by Crippen LogP contribution is -2.50. The number of hydrogen-bond acceptors (Lipinski definition) is 6. The van der Waals surface area contributed by atoms with E-state index in [1.165, 1.54) is 11.3 Å². The van der Waals surface area contributed by atoms with Crippen LogP contribution in [0.5, 0.6) is 0 Å². The normalized spacial score (nSPS) is 15.3. The van der Waals surface area contributed by atoms with Crippen molar-refractivity contribution >= 4 is 23.2 Å². The number of thiophene rings is 1. The first-order valence-electron chi connectivity index (χ1n) is 6.57. The van der Waals surface area contributed by atoms with Gasteiger partial charge >= 0.3 is 11.8 Å². The zero-order valence-electron chi connectivity index (χ0n) is 11.5. The fourth-order valence-electron chi connectivity index (χ4n) is 2.19. The average molecular weight is 306 g/mol. The van der Waals surface area contributed by atoms with E-state index < -0.39 is 0 Å². The molecule has 1 aliphatic rings. The molecule has 0 aliphatic carbocycles. The molecule has 3 heterocycles. The number of piperazine rings is 1. The van der Waals surface area contributed by atoms with Crippen molar-refractivity contribution in [3.05, 3.63) is 34.2 Å². The molecular weight excluding hydrogens is 292 g/mol. The zero-order chi connectivity index (χ0) is 14.8. The Balaban J connectivity index is 1.60. The van der Waals surface area contributed by atoms with Gasteiger partial charge in [-0.25, -0.2) is 0 Å². The van der Waals surface area contributed by atoms with Crippen LogP contribution in [-0.4, -0.2) is 58.0 Å². The molecule has 1 fully saturated rings. The van der Waals surface area contributed by atoms with E-state index in [0.717, 1.165) is 4.88 Å². The van der Waals surface area contributed by atoms with Crippen molar-refractivity contribution < 1.29 is 14.0 Å². The molecule has 0 saturated carbocycles. The molecular formula is C13H14N4O3S. The molecule has 110 valence electrons. The van der Waals surface area contributed by atoms with Crippen molar-refractivity contribution in [3.8, 4) is 0 Å². The summed E-state index contributed by atoms with van der Waals surface area (Å²) in [6.45, 7) is 3.60. The maximum Gasteiger partial charge on any atom is 0.311 e. The van der Waals surface area contributed by atoms with Crippen molar-refractivity contribution in [3.63, 3.8) is 0 Å². The van der Waals surface area contributed by atoms with Crippen LogP contribution in [0.1, 0.15) is 26.2 Å². The lowest BCUT2D eigenvalue weighted by atomic mass is 10.3. The molecule has 0 spiro atoms. The Morgan fingerprint density at radius 1 is 1.14 bits per heavy atom. The molecule has 2 aromatic heterocycles. The predicted molar refractivity (Wildman–Crippen MR) is 75.2 cm³/mol. The third-order valence-corrected chi connectivity index (χ3v) is 4.15. The van der Waals surface area contributed by atoms with Crippen LogP contribution < -0.4 is 0 Å². The van der Waals surface area contributed by atoms with Crippen LogP contribution in [0.15, 0.2) is 21.9 Å². The van der Waals surface area contributed by atoms with Gasteiger partial charge in [-0.05, 0) is 11.4 Å². The lowest BCUT2D eigenvalue weighted by Gasteiger charge is -2.33. The Morgan fingerprint density at radius 2 is 1.81 bits per heavy atom. The zero-order valence-corrected chi connectivity index (χ0v) is 12.3. The second-order valence-electron chi connectivity index (χ2n) is 4.69. The van der Waals surface area contributed by atoms with Gasteiger partial charge in [-0.15, -0.1) is 21.5 Å². The Bertz CT molecular complexity index is 644. The van der Waals surface area contributed by atoms with Crippen LogP contribution in [0.2, 0.25) is 0 Å². The molecule has 0 N–H and O–H groups in total. The van der Waals surface area contributed by atoms with Crippen LogP contribution in [-0.2, 0) is 0 Å². The van der Waals surface area contributed by atoms with Gasteiger partial charge in [0.05, 0.1) is 4.88 Å². The predicted octanol–water partition coefficient (Wildman–Crippen LogP) is 1.04. The van der Waals surface area contributed by atoms with Gasteiger partial charge in [0.1, 0.15) is 0 Å². The fourth-order valence-corrected chi connectivity index (χ4v) is 2.88. The van der Waals surface area contributed by atoms with Crippen LogP contribution >= 0.6 is 11.3 Å². The molecule has 21 heavy (non-hydrogen) atoms. The van der Waals surface area contributed by atoms with Gasteiger partial charge in [-0.1, -0.05) is 6.07 Å². The minimum Gasteiger partial charge on any atom is -0.417 e. The maximum atomic E-state index is 12.2. The quantitative estimate of drug-likeness (QED) is 0.828. The van der Waals surface area contributed by atoms with E-state index in [0.29, 0.717) is 32.1 Å². The molecule has 0 bridgehead atoms. The standard InChI is InChI=1S/C13H14N4O3S/c1-9-14-15-11(20-9)13(19)17-6-4-16(5-7-17)12(18)10-3-2-8-21-10/h2-3,8H,4-7H2,1H3. The molecule has 0 unspecified atom stereocenters. The van der Waals surface area contributed by atoms with Gasteiger partial charge < -0.3 is 14.2 Å². The van der Waals surface area contributed by atoms with Gasteiger partial charge in [0.25, 0.3) is 5.91 Å². The number of carbonyl (C=O) groups excluding carboxylic acids is 2. The number of hydrogen-bond donors (Lipinski definition) is 0. The van der Waals surface area contributed by atoms with E-state index in [4.69, 9.17) is 4.42 Å². The number of amides is 2. The Hall–Kier alpha value is -2.22. The number of aromatic nitrogens is 2. The summed E-state index contributed by atoms with van der Waals surface area (Å²) < 4.78 is 5.14. The van der Waals surface area contributed by atoms with Crippen molar-refractivity contribution in [2.75, 3.05) is 26.2 Å². The number of aryl methyl sites for hydroxylation is 1. The Labute approximate surface area is 125 Å². The van der Waals surface area contributed by atoms with E-state index in [9.17, 15) is 9.59 Å². The van der Waals surface area contributed by atoms with Crippen molar-refractivity contribution in [2.45, 2.75) is 6.92 Å². The highest BCUT2D eigenvalue weighted by Crippen LogP contribution is 2.14. The topological polar surface area (TPSA) is 79.5 Å². The molecule has 7 nitrogen and oxygen atoms in total. The van der Waals surface area contributed by atoms with Crippen LogP contribution in [0, 0.1) is 6.92 Å². The summed E-state index contributed by atoms with van der Waals surface area (Å²) in [5.74, 6) is 0.111. The molecule has 3 rings (SSSR count). The summed E-state index contributed by atoms with van der Waals surface area (Å²) in [4.78, 5) is 28.5. The monoisotopic (exact) mass is 306 g/mol. The van der Waals surface area contributed by atoms with Crippen LogP contribution in [0.4, 0.5) is 0 Å². The smallest absolute Gasteiger partial charge is 0.311 e. The van der Waals surface area contributed by atoms with Crippen LogP contribution in [0.25, 0.3) is 0 Å². The minimum absolute atomic E-state index is 0.00512. The highest BCUT2D eigenvalue weighted by Gasteiger charge is 2.28. The second kappa shape index (κ2) is 5.65. The molecule has 0 atom stereocenters. The summed E-state index contributed by atoms with van der Waals surface area (Å²) in [6, 6.07) is 3.67. The SMILES string of the molecule is Cc1nnc(C(=O)N2CCN(C(=O)c3cccs3)CC2)o1. The third kappa shape index (κ3) is 2.80. The second-order valence-corrected chi connectivity index (χ2v) is 5.64. The van der Waals surface area contributed by atoms with Crippen molar-refractivity contribution in [2.24, 2.45) is 0 Å². The summed E-state index contributed by atoms with van der Waals surface area (Å²) in [7, 11) is 0. The Morgan fingerprint density at radius 3 is 2.33 bits per heavy atom. The number of nitrogens with zero attached hydrogens (tertiary/aromatic N) is 4. The fraction of sp³-hybridized carbons (Fsp3) is 0.385. The van der Waals surface area contributed by atoms with Gasteiger partial charge in [-0.2, -0.15) is 0 Å². The summed E-state index contributed by atoms with van der Waals surface area (Å²) in [6.07, 6.45) is 0. The molecule has 0 radical (unpaired) electrons. The van der Waals surface area contributed by atoms with E-state index in [2.05, 4.69) is 10.2 Å². The molecule has 2 amide bonds. The van der Waals surface area contributed by atoms with Crippen molar-refractivity contribution in [1.29, 1.82) is 0 Å². The molecule has 0 aromatic carbocycles. The van der Waals surface area contributed by atoms with E-state index >= 15 is 0 Å². The minimum atomic E-state index is -0.279. The lowest BCUT2D eigenvalue weighted by molar-refractivity contribution is 0.0515. The first kappa shape index (κ1) is 13.7. The average Bonchev–Trinajstić information content (AvgIpc) is 3.17. The van der Waals surface area contributed by atoms with Gasteiger partial charge in [0.15, 0.2) is 0 Å².